The molecule has 0 heterocycles. The predicted octanol–water partition coefficient (Wildman–Crippen LogP) is 5.49. The molecular weight excluding hydrogens is 376 g/mol. The van der Waals surface area contributed by atoms with Gasteiger partial charge >= 0.3 is 5.97 Å². The molecule has 4 rings (SSSR count). The van der Waals surface area contributed by atoms with Crippen molar-refractivity contribution in [2.45, 2.75) is 6.42 Å². The van der Waals surface area contributed by atoms with Gasteiger partial charge in [-0.05, 0) is 41.3 Å². The largest absolute Gasteiger partial charge is 0.497 e. The Hall–Kier alpha value is -3.92. The molecule has 0 unspecified atom stereocenters. The van der Waals surface area contributed by atoms with Crippen molar-refractivity contribution in [1.82, 2.24) is 0 Å². The highest BCUT2D eigenvalue weighted by molar-refractivity contribution is 6.07. The second kappa shape index (κ2) is 8.62. The van der Waals surface area contributed by atoms with Gasteiger partial charge in [0.25, 0.3) is 0 Å². The lowest BCUT2D eigenvalue weighted by molar-refractivity contribution is 0.0735. The zero-order chi connectivity index (χ0) is 20.9. The monoisotopic (exact) mass is 396 g/mol. The molecular formula is C26H20O4. The molecule has 4 aromatic rings. The van der Waals surface area contributed by atoms with Crippen LogP contribution in [0, 0.1) is 0 Å². The minimum atomic E-state index is -0.525. The van der Waals surface area contributed by atoms with E-state index in [0.717, 1.165) is 16.3 Å². The highest BCUT2D eigenvalue weighted by Gasteiger charge is 2.19. The first kappa shape index (κ1) is 19.4. The number of ketones is 1. The summed E-state index contributed by atoms with van der Waals surface area (Å²) < 4.78 is 10.9. The molecule has 0 aromatic heterocycles. The van der Waals surface area contributed by atoms with Crippen LogP contribution in [0.5, 0.6) is 11.5 Å². The first-order valence-electron chi connectivity index (χ1n) is 9.61. The van der Waals surface area contributed by atoms with Gasteiger partial charge < -0.3 is 9.47 Å². The van der Waals surface area contributed by atoms with Gasteiger partial charge in [-0.2, -0.15) is 0 Å². The van der Waals surface area contributed by atoms with E-state index in [1.165, 1.54) is 0 Å². The summed E-state index contributed by atoms with van der Waals surface area (Å²) >= 11 is 0. The number of ether oxygens (including phenoxy) is 2. The smallest absolute Gasteiger partial charge is 0.343 e. The third kappa shape index (κ3) is 4.08. The second-order valence-electron chi connectivity index (χ2n) is 6.87. The van der Waals surface area contributed by atoms with Crippen LogP contribution in [0.1, 0.15) is 26.3 Å². The standard InChI is InChI=1S/C26H20O4/c1-29-21-14-11-20(12-15-21)26(28)30-25-22-10-6-5-9-19(22)13-16-23(25)24(27)17-18-7-3-2-4-8-18/h2-16H,17H2,1H3. The average Bonchev–Trinajstić information content (AvgIpc) is 2.80. The topological polar surface area (TPSA) is 52.6 Å². The molecule has 4 heteroatoms. The van der Waals surface area contributed by atoms with Crippen LogP contribution in [0.15, 0.2) is 91.0 Å². The number of carbonyl (C=O) groups is 2. The van der Waals surface area contributed by atoms with Crippen molar-refractivity contribution >= 4 is 22.5 Å². The van der Waals surface area contributed by atoms with E-state index in [-0.39, 0.29) is 18.0 Å². The normalized spacial score (nSPS) is 10.6. The maximum atomic E-state index is 13.1. The summed E-state index contributed by atoms with van der Waals surface area (Å²) in [6.07, 6.45) is 0.228. The molecule has 0 radical (unpaired) electrons. The number of esters is 1. The molecule has 148 valence electrons. The van der Waals surface area contributed by atoms with E-state index in [9.17, 15) is 9.59 Å². The summed E-state index contributed by atoms with van der Waals surface area (Å²) in [6.45, 7) is 0. The number of hydrogen-bond acceptors (Lipinski definition) is 4. The van der Waals surface area contributed by atoms with Crippen molar-refractivity contribution in [3.8, 4) is 11.5 Å². The number of methoxy groups -OCH3 is 1. The number of benzene rings is 4. The molecule has 0 fully saturated rings. The Morgan fingerprint density at radius 2 is 1.47 bits per heavy atom. The predicted molar refractivity (Wildman–Crippen MR) is 116 cm³/mol. The van der Waals surface area contributed by atoms with Gasteiger partial charge in [0, 0.05) is 11.8 Å². The molecule has 4 aromatic carbocycles. The minimum absolute atomic E-state index is 0.107. The van der Waals surface area contributed by atoms with Gasteiger partial charge in [-0.15, -0.1) is 0 Å². The molecule has 0 N–H and O–H groups in total. The number of hydrogen-bond donors (Lipinski definition) is 0. The molecule has 0 aliphatic rings. The molecule has 0 saturated heterocycles. The molecule has 0 bridgehead atoms. The van der Waals surface area contributed by atoms with Crippen LogP contribution < -0.4 is 9.47 Å². The first-order valence-corrected chi connectivity index (χ1v) is 9.61. The van der Waals surface area contributed by atoms with Gasteiger partial charge in [0.05, 0.1) is 18.2 Å². The lowest BCUT2D eigenvalue weighted by Crippen LogP contribution is -2.13. The van der Waals surface area contributed by atoms with Crippen molar-refractivity contribution in [2.24, 2.45) is 0 Å². The van der Waals surface area contributed by atoms with Gasteiger partial charge in [-0.25, -0.2) is 4.79 Å². The number of rotatable bonds is 6. The molecule has 0 aliphatic heterocycles. The van der Waals surface area contributed by atoms with Gasteiger partial charge in [-0.1, -0.05) is 60.7 Å². The van der Waals surface area contributed by atoms with Crippen LogP contribution in [0.2, 0.25) is 0 Å². The maximum Gasteiger partial charge on any atom is 0.343 e. The number of fused-ring (bicyclic) bond motifs is 1. The molecule has 4 nitrogen and oxygen atoms in total. The van der Waals surface area contributed by atoms with E-state index in [4.69, 9.17) is 9.47 Å². The van der Waals surface area contributed by atoms with Crippen molar-refractivity contribution < 1.29 is 19.1 Å². The van der Waals surface area contributed by atoms with Crippen molar-refractivity contribution in [1.29, 1.82) is 0 Å². The summed E-state index contributed by atoms with van der Waals surface area (Å²) in [7, 11) is 1.56. The Balaban J connectivity index is 1.71. The molecule has 0 aliphatic carbocycles. The van der Waals surface area contributed by atoms with Crippen LogP contribution in [0.4, 0.5) is 0 Å². The SMILES string of the molecule is COc1ccc(C(=O)Oc2c(C(=O)Cc3ccccc3)ccc3ccccc23)cc1. The highest BCUT2D eigenvalue weighted by atomic mass is 16.5. The minimum Gasteiger partial charge on any atom is -0.497 e. The summed E-state index contributed by atoms with van der Waals surface area (Å²) in [5.74, 6) is 0.303. The lowest BCUT2D eigenvalue weighted by Gasteiger charge is -2.13. The number of Topliss-reactive ketones (excluding diaryl/α,β-unsaturated/α-hetero) is 1. The van der Waals surface area contributed by atoms with Crippen LogP contribution in [0.25, 0.3) is 10.8 Å². The van der Waals surface area contributed by atoms with E-state index in [2.05, 4.69) is 0 Å². The fraction of sp³-hybridized carbons (Fsp3) is 0.0769. The summed E-state index contributed by atoms with van der Waals surface area (Å²) in [6, 6.07) is 27.3. The van der Waals surface area contributed by atoms with E-state index in [1.807, 2.05) is 60.7 Å². The summed E-state index contributed by atoms with van der Waals surface area (Å²) in [5.41, 5.74) is 1.67. The van der Waals surface area contributed by atoms with Crippen molar-refractivity contribution in [2.75, 3.05) is 7.11 Å². The Labute approximate surface area is 174 Å². The molecule has 0 spiro atoms. The zero-order valence-corrected chi connectivity index (χ0v) is 16.5. The maximum absolute atomic E-state index is 13.1. The Morgan fingerprint density at radius 3 is 2.20 bits per heavy atom. The van der Waals surface area contributed by atoms with E-state index in [0.29, 0.717) is 16.9 Å². The van der Waals surface area contributed by atoms with Gasteiger partial charge in [0.2, 0.25) is 0 Å². The van der Waals surface area contributed by atoms with Crippen molar-refractivity contribution in [3.63, 3.8) is 0 Å². The molecule has 0 amide bonds. The van der Waals surface area contributed by atoms with Crippen LogP contribution in [0.3, 0.4) is 0 Å². The average molecular weight is 396 g/mol. The Bertz CT molecular complexity index is 1190. The third-order valence-corrected chi connectivity index (χ3v) is 4.91. The molecule has 30 heavy (non-hydrogen) atoms. The van der Waals surface area contributed by atoms with Gasteiger partial charge in [0.15, 0.2) is 5.78 Å². The second-order valence-corrected chi connectivity index (χ2v) is 6.87. The summed E-state index contributed by atoms with van der Waals surface area (Å²) in [5, 5.41) is 1.62. The van der Waals surface area contributed by atoms with Crippen LogP contribution >= 0.6 is 0 Å². The zero-order valence-electron chi connectivity index (χ0n) is 16.5. The Kier molecular flexibility index (Phi) is 5.57. The van der Waals surface area contributed by atoms with E-state index in [1.54, 1.807) is 37.4 Å². The van der Waals surface area contributed by atoms with Crippen LogP contribution in [-0.4, -0.2) is 18.9 Å². The molecule has 0 saturated carbocycles. The third-order valence-electron chi connectivity index (χ3n) is 4.91. The Morgan fingerprint density at radius 1 is 0.767 bits per heavy atom. The fourth-order valence-electron chi connectivity index (χ4n) is 3.33. The van der Waals surface area contributed by atoms with Gasteiger partial charge in [0.1, 0.15) is 11.5 Å². The van der Waals surface area contributed by atoms with Gasteiger partial charge in [-0.3, -0.25) is 4.79 Å². The quantitative estimate of drug-likeness (QED) is 0.246. The summed E-state index contributed by atoms with van der Waals surface area (Å²) in [4.78, 5) is 25.9. The van der Waals surface area contributed by atoms with Crippen molar-refractivity contribution in [3.05, 3.63) is 108 Å². The fourth-order valence-corrected chi connectivity index (χ4v) is 3.33. The highest BCUT2D eigenvalue weighted by Crippen LogP contribution is 2.32. The lowest BCUT2D eigenvalue weighted by atomic mass is 9.98. The first-order chi connectivity index (χ1) is 14.7. The van der Waals surface area contributed by atoms with E-state index < -0.39 is 5.97 Å². The number of carbonyl (C=O) groups excluding carboxylic acids is 2. The van der Waals surface area contributed by atoms with E-state index >= 15 is 0 Å². The molecule has 0 atom stereocenters. The van der Waals surface area contributed by atoms with Crippen LogP contribution in [-0.2, 0) is 6.42 Å².